The van der Waals surface area contributed by atoms with E-state index in [1.165, 1.54) is 11.8 Å². The van der Waals surface area contributed by atoms with Crippen molar-refractivity contribution in [2.75, 3.05) is 25.7 Å². The molecule has 8 nitrogen and oxygen atoms in total. The molecule has 0 saturated heterocycles. The fourth-order valence-corrected chi connectivity index (χ4v) is 4.68. The number of hydrazone groups is 1. The van der Waals surface area contributed by atoms with Crippen molar-refractivity contribution in [1.82, 2.24) is 5.43 Å². The van der Waals surface area contributed by atoms with Gasteiger partial charge >= 0.3 is 0 Å². The number of thioether (sulfide) groups is 1. The fraction of sp³-hybridized carbons (Fsp3) is 0.318. The minimum Gasteiger partial charge on any atom is -0.493 e. The van der Waals surface area contributed by atoms with Gasteiger partial charge < -0.3 is 19.6 Å². The molecule has 2 aliphatic heterocycles. The van der Waals surface area contributed by atoms with Crippen LogP contribution in [0.25, 0.3) is 0 Å². The van der Waals surface area contributed by atoms with Crippen LogP contribution in [-0.2, 0) is 6.42 Å². The third-order valence-electron chi connectivity index (χ3n) is 5.42. The molecule has 0 aromatic heterocycles. The first kappa shape index (κ1) is 21.0. The summed E-state index contributed by atoms with van der Waals surface area (Å²) in [6, 6.07) is 11.6. The second-order valence-corrected chi connectivity index (χ2v) is 8.56. The summed E-state index contributed by atoms with van der Waals surface area (Å²) in [6.07, 6.45) is 1.82. The van der Waals surface area contributed by atoms with Crippen LogP contribution in [0.1, 0.15) is 30.0 Å². The molecule has 0 fully saturated rings. The van der Waals surface area contributed by atoms with Crippen LogP contribution < -0.4 is 19.8 Å². The first-order chi connectivity index (χ1) is 15.0. The van der Waals surface area contributed by atoms with E-state index in [9.17, 15) is 10.0 Å². The topological polar surface area (TPSA) is 95.8 Å². The van der Waals surface area contributed by atoms with Crippen LogP contribution in [0.3, 0.4) is 0 Å². The quantitative estimate of drug-likeness (QED) is 0.325. The number of nitrogens with one attached hydrogen (secondary N) is 1. The maximum absolute atomic E-state index is 11.5. The van der Waals surface area contributed by atoms with Gasteiger partial charge in [0.25, 0.3) is 5.24 Å². The van der Waals surface area contributed by atoms with Crippen LogP contribution in [-0.4, -0.2) is 48.0 Å². The molecule has 1 atom stereocenters. The predicted octanol–water partition coefficient (Wildman–Crippen LogP) is 3.84. The number of ether oxygens (including phenoxy) is 2. The van der Waals surface area contributed by atoms with Crippen LogP contribution >= 0.6 is 11.8 Å². The van der Waals surface area contributed by atoms with Gasteiger partial charge in [-0.25, -0.2) is 5.43 Å². The monoisotopic (exact) mass is 440 g/mol. The van der Waals surface area contributed by atoms with E-state index in [1.807, 2.05) is 30.0 Å². The molecule has 9 heteroatoms. The number of amides is 1. The molecule has 0 saturated carbocycles. The number of methoxy groups -OCH3 is 2. The Morgan fingerprint density at radius 1 is 1.23 bits per heavy atom. The van der Waals surface area contributed by atoms with Gasteiger partial charge in [0.05, 0.1) is 25.2 Å². The SMILES string of the molecule is COc1ccc(/C(=N/O)N2CCCc3cc(C4=NNC(=O)SC4C)ccc32)cc1OC. The first-order valence-corrected chi connectivity index (χ1v) is 10.8. The van der Waals surface area contributed by atoms with Gasteiger partial charge in [0.1, 0.15) is 0 Å². The normalized spacial score (nSPS) is 18.7. The number of hydrogen-bond donors (Lipinski definition) is 2. The summed E-state index contributed by atoms with van der Waals surface area (Å²) in [7, 11) is 3.16. The molecule has 2 aliphatic rings. The van der Waals surface area contributed by atoms with E-state index < -0.39 is 0 Å². The highest BCUT2D eigenvalue weighted by Gasteiger charge is 2.27. The minimum absolute atomic E-state index is 0.0205. The van der Waals surface area contributed by atoms with Crippen LogP contribution in [0.15, 0.2) is 46.7 Å². The standard InChI is InChI=1S/C22H24N4O4S/c1-13-20(23-24-22(27)31-13)15-6-8-17-14(11-15)5-4-10-26(17)21(25-28)16-7-9-18(29-2)19(12-16)30-3/h6-9,11-13,28H,4-5,10H2,1-3H3,(H,24,27)/b25-21-. The summed E-state index contributed by atoms with van der Waals surface area (Å²) in [5.74, 6) is 1.62. The summed E-state index contributed by atoms with van der Waals surface area (Å²) in [6.45, 7) is 2.70. The number of anilines is 1. The van der Waals surface area contributed by atoms with E-state index in [2.05, 4.69) is 21.7 Å². The van der Waals surface area contributed by atoms with Crippen molar-refractivity contribution in [1.29, 1.82) is 0 Å². The second kappa shape index (κ2) is 8.89. The third kappa shape index (κ3) is 4.05. The molecule has 0 spiro atoms. The third-order valence-corrected chi connectivity index (χ3v) is 6.30. The van der Waals surface area contributed by atoms with Gasteiger partial charge in [-0.3, -0.25) is 4.79 Å². The lowest BCUT2D eigenvalue weighted by Crippen LogP contribution is -2.36. The van der Waals surface area contributed by atoms with E-state index in [1.54, 1.807) is 26.4 Å². The van der Waals surface area contributed by atoms with E-state index in [0.717, 1.165) is 47.5 Å². The average Bonchev–Trinajstić information content (AvgIpc) is 2.79. The summed E-state index contributed by atoms with van der Waals surface area (Å²) in [5, 5.41) is 17.6. The number of rotatable bonds is 4. The van der Waals surface area contributed by atoms with Crippen molar-refractivity contribution in [3.05, 3.63) is 53.1 Å². The lowest BCUT2D eigenvalue weighted by molar-refractivity contribution is 0.261. The van der Waals surface area contributed by atoms with E-state index in [4.69, 9.17) is 9.47 Å². The Morgan fingerprint density at radius 2 is 2.03 bits per heavy atom. The summed E-state index contributed by atoms with van der Waals surface area (Å²) in [5.41, 5.74) is 7.22. The van der Waals surface area contributed by atoms with Crippen LogP contribution in [0.5, 0.6) is 11.5 Å². The van der Waals surface area contributed by atoms with E-state index >= 15 is 0 Å². The maximum Gasteiger partial charge on any atom is 0.299 e. The molecule has 31 heavy (non-hydrogen) atoms. The number of carbonyl (C=O) groups excluding carboxylic acids is 1. The Bertz CT molecular complexity index is 1070. The molecule has 0 aliphatic carbocycles. The zero-order valence-electron chi connectivity index (χ0n) is 17.6. The van der Waals surface area contributed by atoms with Crippen LogP contribution in [0, 0.1) is 0 Å². The van der Waals surface area contributed by atoms with Crippen molar-refractivity contribution in [2.45, 2.75) is 25.0 Å². The van der Waals surface area contributed by atoms with Crippen LogP contribution in [0.2, 0.25) is 0 Å². The highest BCUT2D eigenvalue weighted by atomic mass is 32.2. The number of carbonyl (C=O) groups is 1. The molecule has 162 valence electrons. The lowest BCUT2D eigenvalue weighted by atomic mass is 9.96. The summed E-state index contributed by atoms with van der Waals surface area (Å²) < 4.78 is 10.7. The van der Waals surface area contributed by atoms with E-state index in [-0.39, 0.29) is 10.5 Å². The highest BCUT2D eigenvalue weighted by molar-refractivity contribution is 8.14. The number of aryl methyl sites for hydroxylation is 1. The smallest absolute Gasteiger partial charge is 0.299 e. The van der Waals surface area contributed by atoms with Crippen molar-refractivity contribution in [3.8, 4) is 11.5 Å². The van der Waals surface area contributed by atoms with Gasteiger partial charge in [-0.2, -0.15) is 5.10 Å². The molecular weight excluding hydrogens is 416 g/mol. The number of hydrogen-bond acceptors (Lipinski definition) is 7. The Balaban J connectivity index is 1.69. The fourth-order valence-electron chi connectivity index (χ4n) is 3.96. The first-order valence-electron chi connectivity index (χ1n) is 9.95. The Morgan fingerprint density at radius 3 is 2.74 bits per heavy atom. The van der Waals surface area contributed by atoms with Crippen molar-refractivity contribution in [3.63, 3.8) is 0 Å². The highest BCUT2D eigenvalue weighted by Crippen LogP contribution is 2.33. The molecule has 2 N–H and O–H groups in total. The molecule has 2 aromatic carbocycles. The molecule has 0 bridgehead atoms. The van der Waals surface area contributed by atoms with Crippen LogP contribution in [0.4, 0.5) is 10.5 Å². The Hall–Kier alpha value is -3.20. The van der Waals surface area contributed by atoms with Gasteiger partial charge in [-0.1, -0.05) is 23.0 Å². The van der Waals surface area contributed by atoms with Gasteiger partial charge in [0.15, 0.2) is 17.3 Å². The van der Waals surface area contributed by atoms with Gasteiger partial charge in [0.2, 0.25) is 0 Å². The molecule has 1 amide bonds. The van der Waals surface area contributed by atoms with Crippen molar-refractivity contribution >= 4 is 34.2 Å². The largest absolute Gasteiger partial charge is 0.493 e. The zero-order valence-corrected chi connectivity index (χ0v) is 18.4. The van der Waals surface area contributed by atoms with Crippen molar-refractivity contribution < 1.29 is 19.5 Å². The Kier molecular flexibility index (Phi) is 6.03. The Labute approximate surface area is 184 Å². The minimum atomic E-state index is -0.140. The molecule has 2 aromatic rings. The van der Waals surface area contributed by atoms with Gasteiger partial charge in [-0.15, -0.1) is 0 Å². The van der Waals surface area contributed by atoms with Gasteiger partial charge in [-0.05, 0) is 61.2 Å². The molecule has 0 radical (unpaired) electrons. The number of oxime groups is 1. The lowest BCUT2D eigenvalue weighted by Gasteiger charge is -2.32. The maximum atomic E-state index is 11.5. The molecule has 1 unspecified atom stereocenters. The van der Waals surface area contributed by atoms with Crippen molar-refractivity contribution in [2.24, 2.45) is 10.3 Å². The molecule has 2 heterocycles. The number of nitrogens with zero attached hydrogens (tertiary/aromatic N) is 3. The summed E-state index contributed by atoms with van der Waals surface area (Å²) >= 11 is 1.23. The molecule has 4 rings (SSSR count). The van der Waals surface area contributed by atoms with E-state index in [0.29, 0.717) is 17.3 Å². The average molecular weight is 441 g/mol. The second-order valence-electron chi connectivity index (χ2n) is 7.25. The predicted molar refractivity (Wildman–Crippen MR) is 122 cm³/mol. The number of benzene rings is 2. The number of fused-ring (bicyclic) bond motifs is 1. The van der Waals surface area contributed by atoms with Gasteiger partial charge in [0, 0.05) is 17.8 Å². The molecular formula is C22H24N4O4S. The number of amidine groups is 1. The summed E-state index contributed by atoms with van der Waals surface area (Å²) in [4.78, 5) is 13.5. The zero-order chi connectivity index (χ0) is 22.0.